The van der Waals surface area contributed by atoms with Crippen molar-refractivity contribution in [1.29, 1.82) is 0 Å². The molecule has 0 bridgehead atoms. The first-order valence-corrected chi connectivity index (χ1v) is 5.61. The van der Waals surface area contributed by atoms with Crippen LogP contribution >= 0.6 is 0 Å². The number of rotatable bonds is 5. The van der Waals surface area contributed by atoms with Gasteiger partial charge in [0.2, 0.25) is 0 Å². The van der Waals surface area contributed by atoms with Gasteiger partial charge in [0, 0.05) is 6.61 Å². The molecule has 96 valence electrons. The van der Waals surface area contributed by atoms with E-state index in [0.717, 1.165) is 0 Å². The molecule has 0 amide bonds. The van der Waals surface area contributed by atoms with E-state index in [1.807, 2.05) is 6.92 Å². The highest BCUT2D eigenvalue weighted by Crippen LogP contribution is 2.20. The molecule has 0 saturated heterocycles. The Morgan fingerprint density at radius 2 is 2.28 bits per heavy atom. The van der Waals surface area contributed by atoms with Crippen molar-refractivity contribution in [3.05, 3.63) is 24.3 Å². The van der Waals surface area contributed by atoms with Gasteiger partial charge >= 0.3 is 0 Å². The smallest absolute Gasteiger partial charge is 0.259 e. The number of aromatic nitrogens is 4. The van der Waals surface area contributed by atoms with Crippen LogP contribution in [0.25, 0.3) is 11.5 Å². The second kappa shape index (κ2) is 5.19. The lowest BCUT2D eigenvalue weighted by Crippen LogP contribution is -2.39. The maximum atomic E-state index is 6.08. The standard InChI is InChI=1S/C11H15N5O2/c1-3-17-7-11(2,12)10-15-9(18-16-10)8-4-5-13-14-6-8/h4-6H,3,7,12H2,1-2H3. The SMILES string of the molecule is CCOCC(C)(N)c1noc(-c2ccnnc2)n1. The molecule has 2 rings (SSSR count). The van der Waals surface area contributed by atoms with E-state index < -0.39 is 5.54 Å². The predicted octanol–water partition coefficient (Wildman–Crippen LogP) is 0.737. The van der Waals surface area contributed by atoms with Crippen LogP contribution in [-0.4, -0.2) is 33.6 Å². The summed E-state index contributed by atoms with van der Waals surface area (Å²) in [5, 5.41) is 11.3. The third kappa shape index (κ3) is 2.69. The van der Waals surface area contributed by atoms with E-state index in [-0.39, 0.29) is 0 Å². The Balaban J connectivity index is 2.20. The number of hydrogen-bond donors (Lipinski definition) is 1. The summed E-state index contributed by atoms with van der Waals surface area (Å²) in [6, 6.07) is 1.74. The average Bonchev–Trinajstić information content (AvgIpc) is 2.88. The maximum Gasteiger partial charge on any atom is 0.259 e. The molecule has 0 radical (unpaired) electrons. The van der Waals surface area contributed by atoms with Crippen LogP contribution in [0.3, 0.4) is 0 Å². The molecule has 0 spiro atoms. The Bertz CT molecular complexity index is 497. The Kier molecular flexibility index (Phi) is 3.63. The van der Waals surface area contributed by atoms with Gasteiger partial charge in [-0.15, -0.1) is 0 Å². The minimum atomic E-state index is -0.780. The van der Waals surface area contributed by atoms with Crippen molar-refractivity contribution in [2.45, 2.75) is 19.4 Å². The van der Waals surface area contributed by atoms with Gasteiger partial charge in [0.05, 0.1) is 24.6 Å². The van der Waals surface area contributed by atoms with Gasteiger partial charge in [-0.3, -0.25) is 0 Å². The molecule has 0 aliphatic carbocycles. The van der Waals surface area contributed by atoms with Crippen molar-refractivity contribution in [3.63, 3.8) is 0 Å². The lowest BCUT2D eigenvalue weighted by atomic mass is 10.1. The lowest BCUT2D eigenvalue weighted by molar-refractivity contribution is 0.0962. The molecule has 0 aromatic carbocycles. The van der Waals surface area contributed by atoms with Crippen molar-refractivity contribution in [3.8, 4) is 11.5 Å². The average molecular weight is 249 g/mol. The molecule has 7 heteroatoms. The third-order valence-corrected chi connectivity index (χ3v) is 2.37. The van der Waals surface area contributed by atoms with Gasteiger partial charge in [-0.1, -0.05) is 5.16 Å². The number of hydrogen-bond acceptors (Lipinski definition) is 7. The molecule has 18 heavy (non-hydrogen) atoms. The Labute approximate surface area is 104 Å². The van der Waals surface area contributed by atoms with Crippen LogP contribution in [0.5, 0.6) is 0 Å². The number of nitrogens with zero attached hydrogens (tertiary/aromatic N) is 4. The molecule has 7 nitrogen and oxygen atoms in total. The molecule has 1 atom stereocenters. The van der Waals surface area contributed by atoms with Gasteiger partial charge in [-0.25, -0.2) is 0 Å². The minimum absolute atomic E-state index is 0.330. The van der Waals surface area contributed by atoms with Crippen LogP contribution in [0.15, 0.2) is 23.0 Å². The van der Waals surface area contributed by atoms with E-state index in [0.29, 0.717) is 30.5 Å². The summed E-state index contributed by atoms with van der Waals surface area (Å²) >= 11 is 0. The molecular weight excluding hydrogens is 234 g/mol. The van der Waals surface area contributed by atoms with Gasteiger partial charge in [0.1, 0.15) is 5.54 Å². The monoisotopic (exact) mass is 249 g/mol. The van der Waals surface area contributed by atoms with E-state index in [1.165, 1.54) is 0 Å². The van der Waals surface area contributed by atoms with Gasteiger partial charge in [-0.2, -0.15) is 15.2 Å². The third-order valence-electron chi connectivity index (χ3n) is 2.37. The first-order valence-electron chi connectivity index (χ1n) is 5.61. The summed E-state index contributed by atoms with van der Waals surface area (Å²) < 4.78 is 10.5. The van der Waals surface area contributed by atoms with Crippen LogP contribution in [0.4, 0.5) is 0 Å². The Hall–Kier alpha value is -1.86. The first kappa shape index (κ1) is 12.6. The molecule has 2 aromatic rings. The van der Waals surface area contributed by atoms with Crippen molar-refractivity contribution in [2.24, 2.45) is 5.73 Å². The van der Waals surface area contributed by atoms with Crippen LogP contribution in [-0.2, 0) is 10.3 Å². The van der Waals surface area contributed by atoms with Crippen LogP contribution in [0, 0.1) is 0 Å². The van der Waals surface area contributed by atoms with E-state index in [1.54, 1.807) is 25.4 Å². The fourth-order valence-electron chi connectivity index (χ4n) is 1.37. The van der Waals surface area contributed by atoms with Gasteiger partial charge in [-0.05, 0) is 19.9 Å². The molecule has 1 unspecified atom stereocenters. The van der Waals surface area contributed by atoms with Crippen LogP contribution in [0.1, 0.15) is 19.7 Å². The van der Waals surface area contributed by atoms with Gasteiger partial charge in [0.25, 0.3) is 5.89 Å². The number of ether oxygens (including phenoxy) is 1. The van der Waals surface area contributed by atoms with E-state index in [4.69, 9.17) is 15.0 Å². The molecule has 2 heterocycles. The van der Waals surface area contributed by atoms with Crippen LogP contribution in [0.2, 0.25) is 0 Å². The zero-order chi connectivity index (χ0) is 13.0. The summed E-state index contributed by atoms with van der Waals surface area (Å²) in [5.74, 6) is 0.774. The number of nitrogens with two attached hydrogens (primary N) is 1. The first-order chi connectivity index (χ1) is 8.63. The van der Waals surface area contributed by atoms with Crippen molar-refractivity contribution < 1.29 is 9.26 Å². The van der Waals surface area contributed by atoms with Crippen molar-refractivity contribution in [2.75, 3.05) is 13.2 Å². The fourth-order valence-corrected chi connectivity index (χ4v) is 1.37. The summed E-state index contributed by atoms with van der Waals surface area (Å²) in [6.45, 7) is 4.62. The highest BCUT2D eigenvalue weighted by molar-refractivity contribution is 5.49. The van der Waals surface area contributed by atoms with E-state index in [2.05, 4.69) is 20.3 Å². The maximum absolute atomic E-state index is 6.08. The highest BCUT2D eigenvalue weighted by atomic mass is 16.5. The molecule has 0 aliphatic rings. The van der Waals surface area contributed by atoms with E-state index in [9.17, 15) is 0 Å². The topological polar surface area (TPSA) is 100.0 Å². The zero-order valence-corrected chi connectivity index (χ0v) is 10.3. The molecule has 2 N–H and O–H groups in total. The van der Waals surface area contributed by atoms with E-state index >= 15 is 0 Å². The largest absolute Gasteiger partial charge is 0.379 e. The molecule has 0 aliphatic heterocycles. The molecular formula is C11H15N5O2. The van der Waals surface area contributed by atoms with Crippen molar-refractivity contribution in [1.82, 2.24) is 20.3 Å². The predicted molar refractivity (Wildman–Crippen MR) is 63.4 cm³/mol. The summed E-state index contributed by atoms with van der Waals surface area (Å²) in [6.07, 6.45) is 3.11. The lowest BCUT2D eigenvalue weighted by Gasteiger charge is -2.19. The fraction of sp³-hybridized carbons (Fsp3) is 0.455. The second-order valence-electron chi connectivity index (χ2n) is 4.11. The summed E-state index contributed by atoms with van der Waals surface area (Å²) in [4.78, 5) is 4.25. The molecule has 0 saturated carbocycles. The normalized spacial score (nSPS) is 14.4. The quantitative estimate of drug-likeness (QED) is 0.833. The van der Waals surface area contributed by atoms with Crippen molar-refractivity contribution >= 4 is 0 Å². The van der Waals surface area contributed by atoms with Gasteiger partial charge < -0.3 is 15.0 Å². The Morgan fingerprint density at radius 3 is 2.94 bits per heavy atom. The second-order valence-corrected chi connectivity index (χ2v) is 4.11. The highest BCUT2D eigenvalue weighted by Gasteiger charge is 2.28. The van der Waals surface area contributed by atoms with Crippen LogP contribution < -0.4 is 5.73 Å². The zero-order valence-electron chi connectivity index (χ0n) is 10.3. The van der Waals surface area contributed by atoms with Gasteiger partial charge in [0.15, 0.2) is 5.82 Å². The Morgan fingerprint density at radius 1 is 1.44 bits per heavy atom. The minimum Gasteiger partial charge on any atom is -0.379 e. The molecule has 2 aromatic heterocycles. The summed E-state index contributed by atoms with van der Waals surface area (Å²) in [7, 11) is 0. The summed E-state index contributed by atoms with van der Waals surface area (Å²) in [5.41, 5.74) is 6.00. The molecule has 0 fully saturated rings.